The van der Waals surface area contributed by atoms with Crippen LogP contribution in [0.1, 0.15) is 47.9 Å². The van der Waals surface area contributed by atoms with Crippen molar-refractivity contribution in [2.75, 3.05) is 0 Å². The molecule has 1 N–H and O–H groups in total. The van der Waals surface area contributed by atoms with Gasteiger partial charge in [0.1, 0.15) is 0 Å². The predicted molar refractivity (Wildman–Crippen MR) is 81.7 cm³/mol. The molecule has 0 radical (unpaired) electrons. The van der Waals surface area contributed by atoms with Crippen LogP contribution in [0.5, 0.6) is 0 Å². The Hall–Kier alpha value is -2.09. The summed E-state index contributed by atoms with van der Waals surface area (Å²) >= 11 is 0. The summed E-state index contributed by atoms with van der Waals surface area (Å²) in [6.45, 7) is 2.15. The molecule has 3 rings (SSSR count). The molecule has 2 aromatic carbocycles. The van der Waals surface area contributed by atoms with Crippen LogP contribution in [0, 0.1) is 0 Å². The van der Waals surface area contributed by atoms with E-state index in [1.807, 2.05) is 6.07 Å². The Morgan fingerprint density at radius 1 is 1.15 bits per heavy atom. The maximum absolute atomic E-state index is 9.25. The molecule has 1 unspecified atom stereocenters. The van der Waals surface area contributed by atoms with Crippen molar-refractivity contribution in [3.05, 3.63) is 70.8 Å². The molecular weight excluding hydrogens is 246 g/mol. The average molecular weight is 265 g/mol. The highest BCUT2D eigenvalue weighted by Crippen LogP contribution is 2.37. The Bertz CT molecular complexity index is 631. The van der Waals surface area contributed by atoms with Crippen molar-refractivity contribution in [2.45, 2.75) is 32.1 Å². The topological polar surface area (TPSA) is 32.6 Å². The first-order valence-electron chi connectivity index (χ1n) is 7.22. The maximum atomic E-state index is 9.25. The van der Waals surface area contributed by atoms with Gasteiger partial charge >= 0.3 is 0 Å². The van der Waals surface area contributed by atoms with Crippen LogP contribution in [0.4, 0.5) is 0 Å². The van der Waals surface area contributed by atoms with Crippen LogP contribution in [0.25, 0.3) is 0 Å². The zero-order chi connectivity index (χ0) is 13.9. The quantitative estimate of drug-likeness (QED) is 0.635. The van der Waals surface area contributed by atoms with Gasteiger partial charge in [-0.1, -0.05) is 54.5 Å². The predicted octanol–water partition coefficient (Wildman–Crippen LogP) is 4.35. The van der Waals surface area contributed by atoms with E-state index < -0.39 is 0 Å². The minimum Gasteiger partial charge on any atom is -0.411 e. The average Bonchev–Trinajstić information content (AvgIpc) is 2.54. The lowest BCUT2D eigenvalue weighted by atomic mass is 9.77. The fourth-order valence-electron chi connectivity index (χ4n) is 3.08. The fraction of sp³-hybridized carbons (Fsp3) is 0.278. The third kappa shape index (κ3) is 2.22. The highest BCUT2D eigenvalue weighted by atomic mass is 16.4. The molecular formula is C18H19NO. The minimum atomic E-state index is 0.405. The number of oxime groups is 1. The van der Waals surface area contributed by atoms with E-state index in [2.05, 4.69) is 54.5 Å². The van der Waals surface area contributed by atoms with Crippen LogP contribution in [0.3, 0.4) is 0 Å². The molecule has 0 fully saturated rings. The number of nitrogens with zero attached hydrogens (tertiary/aromatic N) is 1. The van der Waals surface area contributed by atoms with Crippen molar-refractivity contribution in [3.63, 3.8) is 0 Å². The molecule has 1 aliphatic carbocycles. The zero-order valence-electron chi connectivity index (χ0n) is 11.7. The number of aryl methyl sites for hydroxylation is 1. The van der Waals surface area contributed by atoms with Gasteiger partial charge in [0.2, 0.25) is 0 Å². The minimum absolute atomic E-state index is 0.405. The van der Waals surface area contributed by atoms with Crippen LogP contribution < -0.4 is 0 Å². The van der Waals surface area contributed by atoms with E-state index in [0.29, 0.717) is 5.92 Å². The number of fused-ring (bicyclic) bond motifs is 1. The summed E-state index contributed by atoms with van der Waals surface area (Å²) in [7, 11) is 0. The van der Waals surface area contributed by atoms with E-state index >= 15 is 0 Å². The van der Waals surface area contributed by atoms with Crippen molar-refractivity contribution in [1.82, 2.24) is 0 Å². The maximum Gasteiger partial charge on any atom is 0.0871 e. The molecule has 0 spiro atoms. The third-order valence-electron chi connectivity index (χ3n) is 4.20. The van der Waals surface area contributed by atoms with Crippen molar-refractivity contribution in [1.29, 1.82) is 0 Å². The van der Waals surface area contributed by atoms with Gasteiger partial charge in [-0.3, -0.25) is 0 Å². The van der Waals surface area contributed by atoms with Gasteiger partial charge in [0.25, 0.3) is 0 Å². The van der Waals surface area contributed by atoms with Gasteiger partial charge < -0.3 is 5.21 Å². The van der Waals surface area contributed by atoms with Gasteiger partial charge in [-0.05, 0) is 42.0 Å². The summed E-state index contributed by atoms with van der Waals surface area (Å²) in [6, 6.07) is 17.2. The zero-order valence-corrected chi connectivity index (χ0v) is 11.7. The summed E-state index contributed by atoms with van der Waals surface area (Å²) in [4.78, 5) is 0. The molecule has 2 aromatic rings. The molecule has 1 atom stereocenters. The van der Waals surface area contributed by atoms with E-state index in [1.54, 1.807) is 0 Å². The molecule has 0 aliphatic heterocycles. The molecule has 20 heavy (non-hydrogen) atoms. The van der Waals surface area contributed by atoms with Crippen LogP contribution in [-0.2, 0) is 6.42 Å². The SMILES string of the molecule is CCc1ccc2c(c1)/C(=N/O)CCC2c1ccccc1. The van der Waals surface area contributed by atoms with Crippen molar-refractivity contribution >= 4 is 5.71 Å². The lowest BCUT2D eigenvalue weighted by Gasteiger charge is -2.27. The number of rotatable bonds is 2. The Balaban J connectivity index is 2.11. The van der Waals surface area contributed by atoms with Gasteiger partial charge in [0.05, 0.1) is 5.71 Å². The van der Waals surface area contributed by atoms with Crippen molar-refractivity contribution < 1.29 is 5.21 Å². The number of hydrogen-bond acceptors (Lipinski definition) is 2. The van der Waals surface area contributed by atoms with Crippen LogP contribution in [0.15, 0.2) is 53.7 Å². The molecule has 2 nitrogen and oxygen atoms in total. The first-order valence-corrected chi connectivity index (χ1v) is 7.22. The molecule has 0 amide bonds. The van der Waals surface area contributed by atoms with Gasteiger partial charge in [0, 0.05) is 11.5 Å². The fourth-order valence-corrected chi connectivity index (χ4v) is 3.08. The normalized spacial score (nSPS) is 19.9. The smallest absolute Gasteiger partial charge is 0.0871 e. The first-order chi connectivity index (χ1) is 9.83. The number of benzene rings is 2. The number of hydrogen-bond donors (Lipinski definition) is 1. The van der Waals surface area contributed by atoms with Gasteiger partial charge in [-0.25, -0.2) is 0 Å². The third-order valence-corrected chi connectivity index (χ3v) is 4.20. The molecule has 0 heterocycles. The second kappa shape index (κ2) is 5.49. The van der Waals surface area contributed by atoms with Crippen molar-refractivity contribution in [2.24, 2.45) is 5.16 Å². The van der Waals surface area contributed by atoms with E-state index in [0.717, 1.165) is 30.5 Å². The van der Waals surface area contributed by atoms with E-state index in [1.165, 1.54) is 16.7 Å². The summed E-state index contributed by atoms with van der Waals surface area (Å²) in [5.41, 5.74) is 5.86. The first kappa shape index (κ1) is 12.9. The Labute approximate surface area is 119 Å². The van der Waals surface area contributed by atoms with Crippen LogP contribution >= 0.6 is 0 Å². The summed E-state index contributed by atoms with van der Waals surface area (Å²) in [5.74, 6) is 0.405. The Kier molecular flexibility index (Phi) is 3.55. The van der Waals surface area contributed by atoms with E-state index in [-0.39, 0.29) is 0 Å². The Morgan fingerprint density at radius 2 is 1.95 bits per heavy atom. The molecule has 0 saturated heterocycles. The van der Waals surface area contributed by atoms with Gasteiger partial charge in [0.15, 0.2) is 0 Å². The van der Waals surface area contributed by atoms with Crippen LogP contribution in [0.2, 0.25) is 0 Å². The monoisotopic (exact) mass is 265 g/mol. The second-order valence-electron chi connectivity index (χ2n) is 5.32. The summed E-state index contributed by atoms with van der Waals surface area (Å²) in [5, 5.41) is 12.8. The second-order valence-corrected chi connectivity index (χ2v) is 5.32. The van der Waals surface area contributed by atoms with Crippen molar-refractivity contribution in [3.8, 4) is 0 Å². The molecule has 1 aliphatic rings. The van der Waals surface area contributed by atoms with Crippen LogP contribution in [-0.4, -0.2) is 10.9 Å². The standard InChI is InChI=1S/C18H19NO/c1-2-13-8-9-16-15(14-6-4-3-5-7-14)10-11-18(19-20)17(16)12-13/h3-9,12,15,20H,2,10-11H2,1H3/b19-18+. The lowest BCUT2D eigenvalue weighted by Crippen LogP contribution is -2.17. The van der Waals surface area contributed by atoms with Gasteiger partial charge in [-0.2, -0.15) is 0 Å². The highest BCUT2D eigenvalue weighted by molar-refractivity contribution is 6.03. The van der Waals surface area contributed by atoms with E-state index in [9.17, 15) is 5.21 Å². The summed E-state index contributed by atoms with van der Waals surface area (Å²) in [6.07, 6.45) is 2.83. The largest absolute Gasteiger partial charge is 0.411 e. The lowest BCUT2D eigenvalue weighted by molar-refractivity contribution is 0.317. The molecule has 0 bridgehead atoms. The molecule has 0 saturated carbocycles. The molecule has 102 valence electrons. The molecule has 0 aromatic heterocycles. The molecule has 2 heteroatoms. The summed E-state index contributed by atoms with van der Waals surface area (Å²) < 4.78 is 0. The Morgan fingerprint density at radius 3 is 2.65 bits per heavy atom. The van der Waals surface area contributed by atoms with E-state index in [4.69, 9.17) is 0 Å². The van der Waals surface area contributed by atoms with Gasteiger partial charge in [-0.15, -0.1) is 0 Å². The highest BCUT2D eigenvalue weighted by Gasteiger charge is 2.25.